The number of aryl methyl sites for hydroxylation is 2. The van der Waals surface area contributed by atoms with Crippen molar-refractivity contribution in [2.24, 2.45) is 0 Å². The van der Waals surface area contributed by atoms with Gasteiger partial charge in [0.2, 0.25) is 0 Å². The number of hydrogen-bond acceptors (Lipinski definition) is 3. The van der Waals surface area contributed by atoms with Crippen LogP contribution in [0.4, 0.5) is 5.82 Å². The number of rotatable bonds is 5. The summed E-state index contributed by atoms with van der Waals surface area (Å²) in [5.41, 5.74) is 6.09. The number of benzene rings is 2. The van der Waals surface area contributed by atoms with E-state index in [-0.39, 0.29) is 0 Å². The molecule has 0 aliphatic carbocycles. The van der Waals surface area contributed by atoms with Crippen molar-refractivity contribution in [1.82, 2.24) is 14.6 Å². The lowest BCUT2D eigenvalue weighted by Gasteiger charge is -2.09. The summed E-state index contributed by atoms with van der Waals surface area (Å²) in [4.78, 5) is 4.70. The van der Waals surface area contributed by atoms with Gasteiger partial charge in [-0.15, -0.1) is 0 Å². The van der Waals surface area contributed by atoms with Gasteiger partial charge in [-0.25, -0.2) is 4.98 Å². The molecule has 2 aromatic carbocycles. The summed E-state index contributed by atoms with van der Waals surface area (Å²) in [5.74, 6) is 0.949. The molecular weight excluding hydrogens is 356 g/mol. The van der Waals surface area contributed by atoms with Crippen LogP contribution in [0.25, 0.3) is 16.9 Å². The Morgan fingerprint density at radius 1 is 1.00 bits per heavy atom. The van der Waals surface area contributed by atoms with Crippen LogP contribution in [-0.2, 0) is 6.42 Å². The number of hydrogen-bond donors (Lipinski definition) is 1. The fourth-order valence-electron chi connectivity index (χ4n) is 3.26. The number of nitrogens with one attached hydrogen (secondary N) is 1. The molecule has 0 aliphatic rings. The molecule has 0 saturated heterocycles. The van der Waals surface area contributed by atoms with Gasteiger partial charge in [0.05, 0.1) is 5.69 Å². The van der Waals surface area contributed by atoms with Crippen LogP contribution in [0, 0.1) is 13.8 Å². The highest BCUT2D eigenvalue weighted by Crippen LogP contribution is 2.28. The van der Waals surface area contributed by atoms with Crippen molar-refractivity contribution >= 4 is 23.1 Å². The maximum atomic E-state index is 6.17. The molecular formula is C22H21ClN4. The van der Waals surface area contributed by atoms with Crippen molar-refractivity contribution in [3.63, 3.8) is 0 Å². The second kappa shape index (κ2) is 7.41. The first kappa shape index (κ1) is 17.6. The fraction of sp³-hybridized carbons (Fsp3) is 0.182. The topological polar surface area (TPSA) is 42.2 Å². The predicted octanol–water partition coefficient (Wildman–Crippen LogP) is 5.32. The van der Waals surface area contributed by atoms with Gasteiger partial charge in [0.15, 0.2) is 5.65 Å². The molecule has 136 valence electrons. The van der Waals surface area contributed by atoms with E-state index in [2.05, 4.69) is 36.5 Å². The quantitative estimate of drug-likeness (QED) is 0.512. The number of aromatic nitrogens is 3. The maximum absolute atomic E-state index is 6.17. The first-order chi connectivity index (χ1) is 13.1. The zero-order valence-corrected chi connectivity index (χ0v) is 16.2. The van der Waals surface area contributed by atoms with Gasteiger partial charge >= 0.3 is 0 Å². The van der Waals surface area contributed by atoms with Crippen LogP contribution in [0.2, 0.25) is 5.02 Å². The average Bonchev–Trinajstić information content (AvgIpc) is 2.99. The molecule has 0 aliphatic heterocycles. The summed E-state index contributed by atoms with van der Waals surface area (Å²) < 4.78 is 1.89. The second-order valence-electron chi connectivity index (χ2n) is 6.66. The Balaban J connectivity index is 1.67. The van der Waals surface area contributed by atoms with Crippen LogP contribution in [0.5, 0.6) is 0 Å². The minimum Gasteiger partial charge on any atom is -0.370 e. The predicted molar refractivity (Wildman–Crippen MR) is 112 cm³/mol. The van der Waals surface area contributed by atoms with Crippen molar-refractivity contribution in [3.8, 4) is 11.3 Å². The normalized spacial score (nSPS) is 11.1. The van der Waals surface area contributed by atoms with Crippen molar-refractivity contribution in [2.45, 2.75) is 20.3 Å². The number of nitrogens with zero attached hydrogens (tertiary/aromatic N) is 3. The summed E-state index contributed by atoms with van der Waals surface area (Å²) in [6.07, 6.45) is 0.950. The summed E-state index contributed by atoms with van der Waals surface area (Å²) in [7, 11) is 0. The molecule has 0 atom stereocenters. The van der Waals surface area contributed by atoms with Gasteiger partial charge in [0.1, 0.15) is 5.82 Å². The van der Waals surface area contributed by atoms with Gasteiger partial charge in [-0.3, -0.25) is 0 Å². The molecule has 2 heterocycles. The zero-order valence-electron chi connectivity index (χ0n) is 15.4. The Kier molecular flexibility index (Phi) is 4.82. The van der Waals surface area contributed by atoms with Crippen molar-refractivity contribution < 1.29 is 0 Å². The molecule has 2 aromatic heterocycles. The summed E-state index contributed by atoms with van der Waals surface area (Å²) in [6.45, 7) is 4.89. The summed E-state index contributed by atoms with van der Waals surface area (Å²) in [6, 6.07) is 20.3. The highest BCUT2D eigenvalue weighted by Gasteiger charge is 2.15. The summed E-state index contributed by atoms with van der Waals surface area (Å²) in [5, 5.41) is 9.04. The van der Waals surface area contributed by atoms with Crippen molar-refractivity contribution in [3.05, 3.63) is 82.5 Å². The van der Waals surface area contributed by atoms with Gasteiger partial charge in [-0.2, -0.15) is 9.61 Å². The lowest BCUT2D eigenvalue weighted by molar-refractivity contribution is 0.909. The standard InChI is InChI=1S/C22H21ClN4/c1-15-13-20(24-12-11-17-7-4-3-5-8-17)27-22(25-15)16(2)21(26-27)18-9-6-10-19(23)14-18/h3-10,13-14,24H,11-12H2,1-2H3. The SMILES string of the molecule is Cc1cc(NCCc2ccccc2)n2nc(-c3cccc(Cl)c3)c(C)c2n1. The molecule has 0 amide bonds. The number of halogens is 1. The van der Waals surface area contributed by atoms with E-state index in [0.717, 1.165) is 46.9 Å². The maximum Gasteiger partial charge on any atom is 0.161 e. The van der Waals surface area contributed by atoms with Crippen LogP contribution in [0.15, 0.2) is 60.7 Å². The van der Waals surface area contributed by atoms with Gasteiger partial charge in [-0.05, 0) is 38.0 Å². The molecule has 1 N–H and O–H groups in total. The lowest BCUT2D eigenvalue weighted by Crippen LogP contribution is -2.10. The van der Waals surface area contributed by atoms with Gasteiger partial charge < -0.3 is 5.32 Å². The molecule has 0 fully saturated rings. The Morgan fingerprint density at radius 3 is 2.59 bits per heavy atom. The minimum atomic E-state index is 0.703. The minimum absolute atomic E-state index is 0.703. The van der Waals surface area contributed by atoms with E-state index in [1.165, 1.54) is 5.56 Å². The zero-order chi connectivity index (χ0) is 18.8. The van der Waals surface area contributed by atoms with Gasteiger partial charge in [0, 0.05) is 34.5 Å². The van der Waals surface area contributed by atoms with E-state index in [1.807, 2.05) is 47.8 Å². The van der Waals surface area contributed by atoms with Crippen LogP contribution in [0.3, 0.4) is 0 Å². The van der Waals surface area contributed by atoms with Crippen molar-refractivity contribution in [1.29, 1.82) is 0 Å². The molecule has 4 nitrogen and oxygen atoms in total. The smallest absolute Gasteiger partial charge is 0.161 e. The average molecular weight is 377 g/mol. The van der Waals surface area contributed by atoms with Gasteiger partial charge in [-0.1, -0.05) is 54.1 Å². The number of anilines is 1. The van der Waals surface area contributed by atoms with E-state index in [4.69, 9.17) is 21.7 Å². The molecule has 0 unspecified atom stereocenters. The van der Waals surface area contributed by atoms with Crippen LogP contribution in [0.1, 0.15) is 16.8 Å². The monoisotopic (exact) mass is 376 g/mol. The van der Waals surface area contributed by atoms with E-state index in [1.54, 1.807) is 0 Å². The Hall–Kier alpha value is -2.85. The van der Waals surface area contributed by atoms with Crippen LogP contribution in [-0.4, -0.2) is 21.1 Å². The van der Waals surface area contributed by atoms with Gasteiger partial charge in [0.25, 0.3) is 0 Å². The summed E-state index contributed by atoms with van der Waals surface area (Å²) >= 11 is 6.17. The number of fused-ring (bicyclic) bond motifs is 1. The van der Waals surface area contributed by atoms with E-state index < -0.39 is 0 Å². The molecule has 27 heavy (non-hydrogen) atoms. The van der Waals surface area contributed by atoms with E-state index >= 15 is 0 Å². The van der Waals surface area contributed by atoms with Crippen LogP contribution < -0.4 is 5.32 Å². The molecule has 0 saturated carbocycles. The molecule has 4 aromatic rings. The van der Waals surface area contributed by atoms with Crippen molar-refractivity contribution in [2.75, 3.05) is 11.9 Å². The molecule has 5 heteroatoms. The Bertz CT molecular complexity index is 1090. The third-order valence-electron chi connectivity index (χ3n) is 4.61. The molecule has 0 radical (unpaired) electrons. The second-order valence-corrected chi connectivity index (χ2v) is 7.10. The molecule has 4 rings (SSSR count). The molecule has 0 spiro atoms. The third-order valence-corrected chi connectivity index (χ3v) is 4.84. The molecule has 0 bridgehead atoms. The Labute approximate surface area is 163 Å². The Morgan fingerprint density at radius 2 is 1.81 bits per heavy atom. The fourth-order valence-corrected chi connectivity index (χ4v) is 3.45. The first-order valence-electron chi connectivity index (χ1n) is 9.02. The highest BCUT2D eigenvalue weighted by molar-refractivity contribution is 6.30. The van der Waals surface area contributed by atoms with Crippen LogP contribution >= 0.6 is 11.6 Å². The first-order valence-corrected chi connectivity index (χ1v) is 9.40. The third kappa shape index (κ3) is 3.67. The largest absolute Gasteiger partial charge is 0.370 e. The van der Waals surface area contributed by atoms with E-state index in [0.29, 0.717) is 5.02 Å². The lowest BCUT2D eigenvalue weighted by atomic mass is 10.1. The van der Waals surface area contributed by atoms with E-state index in [9.17, 15) is 0 Å². The highest BCUT2D eigenvalue weighted by atomic mass is 35.5.